The summed E-state index contributed by atoms with van der Waals surface area (Å²) in [6.07, 6.45) is -0.150. The first-order valence-electron chi connectivity index (χ1n) is 11.4. The summed E-state index contributed by atoms with van der Waals surface area (Å²) in [6.45, 7) is 6.52. The molecular weight excluding hydrogens is 469 g/mol. The van der Waals surface area contributed by atoms with E-state index < -0.39 is 17.9 Å². The van der Waals surface area contributed by atoms with E-state index in [9.17, 15) is 19.4 Å². The Bertz CT molecular complexity index is 1180. The number of aliphatic hydroxyl groups is 1. The van der Waals surface area contributed by atoms with E-state index in [1.54, 1.807) is 31.2 Å². The van der Waals surface area contributed by atoms with Crippen molar-refractivity contribution >= 4 is 17.6 Å². The zero-order valence-corrected chi connectivity index (χ0v) is 20.9. The molecule has 0 radical (unpaired) electrons. The van der Waals surface area contributed by atoms with E-state index in [4.69, 9.17) is 16.3 Å². The summed E-state index contributed by atoms with van der Waals surface area (Å²) in [5, 5.41) is 23.1. The third-order valence-corrected chi connectivity index (χ3v) is 6.11. The molecule has 0 spiro atoms. The second-order valence-corrected chi connectivity index (χ2v) is 9.76. The summed E-state index contributed by atoms with van der Waals surface area (Å²) >= 11 is 5.76. The van der Waals surface area contributed by atoms with Crippen LogP contribution in [0.25, 0.3) is 11.1 Å². The Morgan fingerprint density at radius 3 is 2.57 bits per heavy atom. The van der Waals surface area contributed by atoms with Crippen molar-refractivity contribution in [2.24, 2.45) is 0 Å². The van der Waals surface area contributed by atoms with Crippen LogP contribution in [-0.4, -0.2) is 41.0 Å². The standard InChI is InChI=1S/C28H31ClFNO4/c1-18-12-20(9-10-23(18)27(33)34)24-7-5-4-6-21(24)16-35-17-22(32)15-31-28(2,3)14-19-8-11-25(29)26(30)13-19/h4-13,22,31-32H,14-17H2,1-3H3,(H,33,34)/t22-/m1/s1. The van der Waals surface area contributed by atoms with Gasteiger partial charge >= 0.3 is 5.97 Å². The third kappa shape index (κ3) is 7.61. The van der Waals surface area contributed by atoms with Crippen molar-refractivity contribution in [3.63, 3.8) is 0 Å². The van der Waals surface area contributed by atoms with Crippen LogP contribution in [-0.2, 0) is 17.8 Å². The maximum absolute atomic E-state index is 13.7. The number of carboxylic acids is 1. The lowest BCUT2D eigenvalue weighted by Gasteiger charge is -2.28. The molecule has 0 saturated carbocycles. The second kappa shape index (κ2) is 11.8. The fourth-order valence-electron chi connectivity index (χ4n) is 3.98. The van der Waals surface area contributed by atoms with Gasteiger partial charge in [0, 0.05) is 12.1 Å². The number of β-amino-alcohol motifs (C(OH)–C–C–N with tert-alkyl or cyclic N) is 1. The zero-order chi connectivity index (χ0) is 25.6. The summed E-state index contributed by atoms with van der Waals surface area (Å²) in [6, 6.07) is 17.8. The van der Waals surface area contributed by atoms with Gasteiger partial charge in [0.15, 0.2) is 0 Å². The number of rotatable bonds is 11. The molecule has 0 fully saturated rings. The molecule has 7 heteroatoms. The van der Waals surface area contributed by atoms with Gasteiger partial charge in [-0.3, -0.25) is 0 Å². The number of aromatic carboxylic acids is 1. The summed E-state index contributed by atoms with van der Waals surface area (Å²) in [5.74, 6) is -1.39. The van der Waals surface area contributed by atoms with Crippen molar-refractivity contribution in [2.75, 3.05) is 13.2 Å². The topological polar surface area (TPSA) is 78.8 Å². The van der Waals surface area contributed by atoms with Gasteiger partial charge in [-0.1, -0.05) is 54.1 Å². The molecule has 35 heavy (non-hydrogen) atoms. The van der Waals surface area contributed by atoms with Gasteiger partial charge in [-0.2, -0.15) is 0 Å². The molecule has 3 aromatic carbocycles. The van der Waals surface area contributed by atoms with Crippen LogP contribution in [0.3, 0.4) is 0 Å². The fourth-order valence-corrected chi connectivity index (χ4v) is 4.10. The molecular formula is C28H31ClFNO4. The molecule has 5 nitrogen and oxygen atoms in total. The highest BCUT2D eigenvalue weighted by Gasteiger charge is 2.20. The van der Waals surface area contributed by atoms with Gasteiger partial charge in [-0.25, -0.2) is 9.18 Å². The summed E-state index contributed by atoms with van der Waals surface area (Å²) in [5.41, 5.74) is 4.23. The molecule has 0 aliphatic carbocycles. The Labute approximate surface area is 210 Å². The van der Waals surface area contributed by atoms with Crippen molar-refractivity contribution in [1.29, 1.82) is 0 Å². The number of hydrogen-bond acceptors (Lipinski definition) is 4. The molecule has 0 saturated heterocycles. The number of aliphatic hydroxyl groups excluding tert-OH is 1. The Hall–Kier alpha value is -2.77. The van der Waals surface area contributed by atoms with Crippen LogP contribution in [0.5, 0.6) is 0 Å². The van der Waals surface area contributed by atoms with Crippen molar-refractivity contribution in [2.45, 2.75) is 45.4 Å². The maximum Gasteiger partial charge on any atom is 0.335 e. The number of carboxylic acid groups (broad SMARTS) is 1. The lowest BCUT2D eigenvalue weighted by atomic mass is 9.94. The number of benzene rings is 3. The van der Waals surface area contributed by atoms with Gasteiger partial charge < -0.3 is 20.3 Å². The fraction of sp³-hybridized carbons (Fsp3) is 0.321. The molecule has 3 N–H and O–H groups in total. The quantitative estimate of drug-likeness (QED) is 0.318. The molecule has 186 valence electrons. The van der Waals surface area contributed by atoms with Gasteiger partial charge in [0.2, 0.25) is 0 Å². The van der Waals surface area contributed by atoms with Crippen molar-refractivity contribution in [3.8, 4) is 11.1 Å². The number of aryl methyl sites for hydroxylation is 1. The lowest BCUT2D eigenvalue weighted by Crippen LogP contribution is -2.46. The predicted octanol–water partition coefficient (Wildman–Crippen LogP) is 5.64. The van der Waals surface area contributed by atoms with Gasteiger partial charge in [-0.05, 0) is 73.2 Å². The zero-order valence-electron chi connectivity index (χ0n) is 20.1. The molecule has 0 bridgehead atoms. The van der Waals surface area contributed by atoms with E-state index in [1.807, 2.05) is 44.2 Å². The molecule has 0 aromatic heterocycles. The highest BCUT2D eigenvalue weighted by molar-refractivity contribution is 6.30. The minimum absolute atomic E-state index is 0.0982. The number of nitrogens with one attached hydrogen (secondary N) is 1. The minimum atomic E-state index is -0.947. The highest BCUT2D eigenvalue weighted by Crippen LogP contribution is 2.26. The van der Waals surface area contributed by atoms with E-state index in [1.165, 1.54) is 6.07 Å². The summed E-state index contributed by atoms with van der Waals surface area (Å²) < 4.78 is 19.5. The molecule has 0 unspecified atom stereocenters. The molecule has 0 heterocycles. The number of carbonyl (C=O) groups is 1. The predicted molar refractivity (Wildman–Crippen MR) is 136 cm³/mol. The first-order valence-corrected chi connectivity index (χ1v) is 11.8. The van der Waals surface area contributed by atoms with Crippen LogP contribution in [0, 0.1) is 12.7 Å². The SMILES string of the molecule is Cc1cc(-c2ccccc2COC[C@H](O)CNC(C)(C)Cc2ccc(Cl)c(F)c2)ccc1C(=O)O. The largest absolute Gasteiger partial charge is 0.478 e. The first kappa shape index (κ1) is 26.8. The normalized spacial score (nSPS) is 12.5. The summed E-state index contributed by atoms with van der Waals surface area (Å²) in [4.78, 5) is 11.3. The van der Waals surface area contributed by atoms with E-state index in [0.29, 0.717) is 25.1 Å². The number of hydrogen-bond donors (Lipinski definition) is 3. The Kier molecular flexibility index (Phi) is 9.03. The molecule has 0 aliphatic heterocycles. The van der Waals surface area contributed by atoms with Gasteiger partial charge in [-0.15, -0.1) is 0 Å². The first-order chi connectivity index (χ1) is 16.6. The van der Waals surface area contributed by atoms with Crippen LogP contribution in [0.4, 0.5) is 4.39 Å². The van der Waals surface area contributed by atoms with Crippen LogP contribution in [0.1, 0.15) is 40.9 Å². The molecule has 1 atom stereocenters. The average Bonchev–Trinajstić information content (AvgIpc) is 2.80. The molecule has 3 rings (SSSR count). The molecule has 0 amide bonds. The number of ether oxygens (including phenoxy) is 1. The Morgan fingerprint density at radius 1 is 1.14 bits per heavy atom. The molecule has 0 aliphatic rings. The van der Waals surface area contributed by atoms with E-state index in [0.717, 1.165) is 22.3 Å². The lowest BCUT2D eigenvalue weighted by molar-refractivity contribution is 0.0258. The van der Waals surface area contributed by atoms with Crippen molar-refractivity contribution in [1.82, 2.24) is 5.32 Å². The second-order valence-electron chi connectivity index (χ2n) is 9.35. The highest BCUT2D eigenvalue weighted by atomic mass is 35.5. The smallest absolute Gasteiger partial charge is 0.335 e. The number of halogens is 2. The Balaban J connectivity index is 1.53. The van der Waals surface area contributed by atoms with Gasteiger partial charge in [0.1, 0.15) is 5.82 Å². The van der Waals surface area contributed by atoms with Crippen molar-refractivity contribution < 1.29 is 24.1 Å². The molecule has 3 aromatic rings. The monoisotopic (exact) mass is 499 g/mol. The summed E-state index contributed by atoms with van der Waals surface area (Å²) in [7, 11) is 0. The third-order valence-electron chi connectivity index (χ3n) is 5.80. The minimum Gasteiger partial charge on any atom is -0.478 e. The Morgan fingerprint density at radius 2 is 1.89 bits per heavy atom. The van der Waals surface area contributed by atoms with Crippen LogP contribution >= 0.6 is 11.6 Å². The van der Waals surface area contributed by atoms with Gasteiger partial charge in [0.05, 0.1) is 29.9 Å². The van der Waals surface area contributed by atoms with E-state index in [2.05, 4.69) is 5.32 Å². The average molecular weight is 500 g/mol. The maximum atomic E-state index is 13.7. The van der Waals surface area contributed by atoms with Crippen LogP contribution in [0.15, 0.2) is 60.7 Å². The van der Waals surface area contributed by atoms with Gasteiger partial charge in [0.25, 0.3) is 0 Å². The van der Waals surface area contributed by atoms with Crippen LogP contribution < -0.4 is 5.32 Å². The van der Waals surface area contributed by atoms with Crippen molar-refractivity contribution in [3.05, 3.63) is 93.8 Å². The van der Waals surface area contributed by atoms with Crippen LogP contribution in [0.2, 0.25) is 5.02 Å². The van der Waals surface area contributed by atoms with E-state index in [-0.39, 0.29) is 22.7 Å². The van der Waals surface area contributed by atoms with E-state index >= 15 is 0 Å².